The van der Waals surface area contributed by atoms with Crippen molar-refractivity contribution in [1.82, 2.24) is 9.80 Å². The number of anilines is 1. The highest BCUT2D eigenvalue weighted by Crippen LogP contribution is 2.34. The van der Waals surface area contributed by atoms with E-state index in [0.717, 1.165) is 83.1 Å². The summed E-state index contributed by atoms with van der Waals surface area (Å²) in [5, 5.41) is 9.43. The number of ether oxygens (including phenoxy) is 1. The summed E-state index contributed by atoms with van der Waals surface area (Å²) in [6.45, 7) is 14.3. The number of nitriles is 1. The number of rotatable bonds is 8. The zero-order valence-corrected chi connectivity index (χ0v) is 19.9. The Morgan fingerprint density at radius 2 is 1.79 bits per heavy atom. The third-order valence-electron chi connectivity index (χ3n) is 7.24. The summed E-state index contributed by atoms with van der Waals surface area (Å²) in [4.78, 5) is 7.63. The molecule has 0 spiro atoms. The Kier molecular flexibility index (Phi) is 7.82. The number of piperazine rings is 1. The maximum absolute atomic E-state index is 9.43. The molecule has 2 heterocycles. The molecule has 0 amide bonds. The van der Waals surface area contributed by atoms with Crippen LogP contribution in [0.3, 0.4) is 0 Å². The van der Waals surface area contributed by atoms with Gasteiger partial charge >= 0.3 is 0 Å². The minimum atomic E-state index is 0.0534. The highest BCUT2D eigenvalue weighted by atomic mass is 16.5. The second-order valence-electron chi connectivity index (χ2n) is 9.25. The first kappa shape index (κ1) is 23.5. The van der Waals surface area contributed by atoms with Crippen molar-refractivity contribution in [2.24, 2.45) is 0 Å². The number of hydrogen-bond acceptors (Lipinski definition) is 5. The van der Waals surface area contributed by atoms with Gasteiger partial charge in [0.2, 0.25) is 0 Å². The van der Waals surface area contributed by atoms with Gasteiger partial charge < -0.3 is 9.64 Å². The van der Waals surface area contributed by atoms with E-state index in [4.69, 9.17) is 4.74 Å². The van der Waals surface area contributed by atoms with E-state index in [1.165, 1.54) is 5.56 Å². The maximum Gasteiger partial charge on any atom is 0.0992 e. The van der Waals surface area contributed by atoms with Crippen molar-refractivity contribution in [1.29, 1.82) is 5.26 Å². The molecule has 0 saturated carbocycles. The van der Waals surface area contributed by atoms with E-state index in [1.807, 2.05) is 18.2 Å². The lowest BCUT2D eigenvalue weighted by Crippen LogP contribution is -2.63. The Balaban J connectivity index is 1.51. The van der Waals surface area contributed by atoms with Crippen molar-refractivity contribution in [2.45, 2.75) is 38.3 Å². The van der Waals surface area contributed by atoms with Crippen LogP contribution in [0.15, 0.2) is 66.9 Å². The molecule has 4 rings (SSSR count). The molecule has 0 aliphatic carbocycles. The summed E-state index contributed by atoms with van der Waals surface area (Å²) < 4.78 is 5.81. The Morgan fingerprint density at radius 3 is 2.45 bits per heavy atom. The second kappa shape index (κ2) is 11.0. The zero-order chi connectivity index (χ0) is 23.1. The Hall–Kier alpha value is -2.65. The van der Waals surface area contributed by atoms with Gasteiger partial charge in [0.05, 0.1) is 11.6 Å². The van der Waals surface area contributed by atoms with E-state index >= 15 is 0 Å². The lowest BCUT2D eigenvalue weighted by molar-refractivity contribution is -0.0436. The minimum Gasteiger partial charge on any atom is -0.381 e. The Labute approximate surface area is 198 Å². The molecule has 2 fully saturated rings. The molecule has 2 saturated heterocycles. The highest BCUT2D eigenvalue weighted by Gasteiger charge is 2.41. The van der Waals surface area contributed by atoms with Gasteiger partial charge in [-0.25, -0.2) is 0 Å². The van der Waals surface area contributed by atoms with Gasteiger partial charge in [0.25, 0.3) is 0 Å². The lowest BCUT2D eigenvalue weighted by Gasteiger charge is -2.52. The molecular formula is C28H36N4O. The average Bonchev–Trinajstić information content (AvgIpc) is 2.88. The van der Waals surface area contributed by atoms with Gasteiger partial charge in [-0.05, 0) is 43.0 Å². The van der Waals surface area contributed by atoms with Crippen LogP contribution in [0.2, 0.25) is 0 Å². The van der Waals surface area contributed by atoms with Gasteiger partial charge in [0.15, 0.2) is 0 Å². The van der Waals surface area contributed by atoms with Crippen molar-refractivity contribution in [3.8, 4) is 6.07 Å². The summed E-state index contributed by atoms with van der Waals surface area (Å²) in [5.41, 5.74) is 4.29. The van der Waals surface area contributed by atoms with E-state index in [1.54, 1.807) is 0 Å². The van der Waals surface area contributed by atoms with E-state index in [2.05, 4.69) is 70.7 Å². The number of hydrogen-bond donors (Lipinski definition) is 0. The molecular weight excluding hydrogens is 408 g/mol. The summed E-state index contributed by atoms with van der Waals surface area (Å²) in [6, 6.07) is 21.0. The highest BCUT2D eigenvalue weighted by molar-refractivity contribution is 5.56. The first-order valence-electron chi connectivity index (χ1n) is 12.2. The van der Waals surface area contributed by atoms with Crippen molar-refractivity contribution in [3.05, 3.63) is 78.0 Å². The summed E-state index contributed by atoms with van der Waals surface area (Å²) >= 11 is 0. The van der Waals surface area contributed by atoms with Crippen molar-refractivity contribution in [3.63, 3.8) is 0 Å². The van der Waals surface area contributed by atoms with Crippen LogP contribution in [0.1, 0.15) is 37.3 Å². The van der Waals surface area contributed by atoms with Gasteiger partial charge in [0.1, 0.15) is 0 Å². The van der Waals surface area contributed by atoms with Crippen LogP contribution in [-0.2, 0) is 11.3 Å². The maximum atomic E-state index is 9.43. The molecule has 5 heteroatoms. The molecule has 0 radical (unpaired) electrons. The van der Waals surface area contributed by atoms with Crippen LogP contribution in [0.4, 0.5) is 5.69 Å². The van der Waals surface area contributed by atoms with Crippen molar-refractivity contribution < 1.29 is 4.74 Å². The van der Waals surface area contributed by atoms with Crippen molar-refractivity contribution in [2.75, 3.05) is 50.8 Å². The summed E-state index contributed by atoms with van der Waals surface area (Å²) in [5.74, 6) is 0. The van der Waals surface area contributed by atoms with E-state index in [9.17, 15) is 5.26 Å². The predicted octanol–water partition coefficient (Wildman–Crippen LogP) is 4.66. The fraction of sp³-hybridized carbons (Fsp3) is 0.464. The zero-order valence-electron chi connectivity index (χ0n) is 19.9. The number of benzene rings is 2. The van der Waals surface area contributed by atoms with Crippen molar-refractivity contribution >= 4 is 5.69 Å². The smallest absolute Gasteiger partial charge is 0.0992 e. The summed E-state index contributed by atoms with van der Waals surface area (Å²) in [6.07, 6.45) is 2.93. The van der Waals surface area contributed by atoms with Gasteiger partial charge in [-0.15, -0.1) is 0 Å². The molecule has 2 aromatic carbocycles. The molecule has 0 aromatic heterocycles. The van der Waals surface area contributed by atoms with Gasteiger partial charge in [0, 0.05) is 69.4 Å². The van der Waals surface area contributed by atoms with E-state index < -0.39 is 0 Å². The third-order valence-corrected chi connectivity index (χ3v) is 7.24. The standard InChI is InChI=1S/C28H36N4O/c1-3-24(2)32(27-11-7-10-26(20-27)21-29)23-28(12-18-33-19-13-28)31-16-14-30(15-17-31)22-25-8-5-4-6-9-25/h4-11,20H,2-3,12-19,22-23H2,1H3. The molecule has 0 N–H and O–H groups in total. The topological polar surface area (TPSA) is 42.7 Å². The Bertz CT molecular complexity index is 953. The molecule has 174 valence electrons. The van der Waals surface area contributed by atoms with Crippen LogP contribution >= 0.6 is 0 Å². The largest absolute Gasteiger partial charge is 0.381 e. The van der Waals surface area contributed by atoms with Crippen LogP contribution < -0.4 is 4.90 Å². The first-order chi connectivity index (χ1) is 16.1. The SMILES string of the molecule is C=C(CC)N(CC1(N2CCN(Cc3ccccc3)CC2)CCOCC1)c1cccc(C#N)c1. The molecule has 33 heavy (non-hydrogen) atoms. The summed E-state index contributed by atoms with van der Waals surface area (Å²) in [7, 11) is 0. The van der Waals surface area contributed by atoms with E-state index in [0.29, 0.717) is 5.56 Å². The fourth-order valence-corrected chi connectivity index (χ4v) is 5.16. The molecule has 0 bridgehead atoms. The first-order valence-corrected chi connectivity index (χ1v) is 12.2. The van der Waals surface area contributed by atoms with Crippen LogP contribution in [0.5, 0.6) is 0 Å². The number of nitrogens with zero attached hydrogens (tertiary/aromatic N) is 4. The van der Waals surface area contributed by atoms with Crippen LogP contribution in [0, 0.1) is 11.3 Å². The molecule has 2 aliphatic rings. The molecule has 0 atom stereocenters. The average molecular weight is 445 g/mol. The van der Waals surface area contributed by atoms with E-state index in [-0.39, 0.29) is 5.54 Å². The monoisotopic (exact) mass is 444 g/mol. The number of allylic oxidation sites excluding steroid dienone is 1. The second-order valence-corrected chi connectivity index (χ2v) is 9.25. The lowest BCUT2D eigenvalue weighted by atomic mass is 9.86. The molecule has 2 aliphatic heterocycles. The van der Waals surface area contributed by atoms with Gasteiger partial charge in [-0.3, -0.25) is 9.80 Å². The molecule has 0 unspecified atom stereocenters. The van der Waals surface area contributed by atoms with Gasteiger partial charge in [-0.1, -0.05) is 49.9 Å². The molecule has 2 aromatic rings. The predicted molar refractivity (Wildman–Crippen MR) is 134 cm³/mol. The Morgan fingerprint density at radius 1 is 1.06 bits per heavy atom. The van der Waals surface area contributed by atoms with Crippen LogP contribution in [-0.4, -0.2) is 61.3 Å². The fourth-order valence-electron chi connectivity index (χ4n) is 5.16. The molecule has 5 nitrogen and oxygen atoms in total. The normalized spacial score (nSPS) is 19.0. The van der Waals surface area contributed by atoms with Gasteiger partial charge in [-0.2, -0.15) is 5.26 Å². The quantitative estimate of drug-likeness (QED) is 0.593. The van der Waals surface area contributed by atoms with Crippen LogP contribution in [0.25, 0.3) is 0 Å². The minimum absolute atomic E-state index is 0.0534. The third kappa shape index (κ3) is 5.65.